The summed E-state index contributed by atoms with van der Waals surface area (Å²) in [5, 5.41) is 8.85. The van der Waals surface area contributed by atoms with Crippen molar-refractivity contribution in [3.05, 3.63) is 77.8 Å². The van der Waals surface area contributed by atoms with Gasteiger partial charge in [-0.25, -0.2) is 19.8 Å². The number of para-hydroxylation sites is 1. The molecule has 2 aliphatic rings. The summed E-state index contributed by atoms with van der Waals surface area (Å²) < 4.78 is 1.02. The van der Waals surface area contributed by atoms with Crippen molar-refractivity contribution < 1.29 is 19.2 Å². The molecule has 0 aliphatic carbocycles. The second kappa shape index (κ2) is 12.9. The lowest BCUT2D eigenvalue weighted by Gasteiger charge is -2.55. The molecule has 2 aromatic carbocycles. The Morgan fingerprint density at radius 3 is 2.76 bits per heavy atom. The third-order valence-electron chi connectivity index (χ3n) is 7.35. The van der Waals surface area contributed by atoms with Crippen LogP contribution >= 0.6 is 11.3 Å². The van der Waals surface area contributed by atoms with Gasteiger partial charge in [0.05, 0.1) is 28.8 Å². The van der Waals surface area contributed by atoms with Crippen LogP contribution in [0.4, 0.5) is 4.79 Å². The molecular weight excluding hydrogens is 542 g/mol. The fourth-order valence-corrected chi connectivity index (χ4v) is 6.23. The van der Waals surface area contributed by atoms with Crippen molar-refractivity contribution in [1.82, 2.24) is 35.4 Å². The summed E-state index contributed by atoms with van der Waals surface area (Å²) in [6, 6.07) is 14.3. The molecule has 214 valence electrons. The highest BCUT2D eigenvalue weighted by molar-refractivity contribution is 7.16. The lowest BCUT2D eigenvalue weighted by Crippen LogP contribution is -2.76. The molecule has 2 saturated heterocycles. The number of nitrogens with zero attached hydrogens (tertiary/aromatic N) is 5. The predicted molar refractivity (Wildman–Crippen MR) is 155 cm³/mol. The molecule has 0 unspecified atom stereocenters. The first-order chi connectivity index (χ1) is 20.0. The fraction of sp³-hybridized carbons (Fsp3) is 0.345. The first kappa shape index (κ1) is 28.2. The van der Waals surface area contributed by atoms with Crippen molar-refractivity contribution >= 4 is 45.8 Å². The van der Waals surface area contributed by atoms with Crippen LogP contribution in [0.25, 0.3) is 10.2 Å². The summed E-state index contributed by atoms with van der Waals surface area (Å²) in [6.07, 6.45) is 2.39. The molecule has 0 spiro atoms. The third-order valence-corrected chi connectivity index (χ3v) is 8.15. The molecule has 0 radical (unpaired) electrons. The van der Waals surface area contributed by atoms with Gasteiger partial charge < -0.3 is 20.4 Å². The molecule has 2 fully saturated rings. The van der Waals surface area contributed by atoms with Gasteiger partial charge in [-0.15, -0.1) is 17.9 Å². The van der Waals surface area contributed by atoms with E-state index < -0.39 is 12.2 Å². The van der Waals surface area contributed by atoms with Gasteiger partial charge in [0.15, 0.2) is 0 Å². The fourth-order valence-electron chi connectivity index (χ4n) is 5.51. The summed E-state index contributed by atoms with van der Waals surface area (Å²) in [4.78, 5) is 59.8. The van der Waals surface area contributed by atoms with E-state index in [1.54, 1.807) is 31.4 Å². The molecule has 1 aromatic heterocycles. The number of benzene rings is 2. The molecule has 2 atom stereocenters. The van der Waals surface area contributed by atoms with Crippen LogP contribution in [0.5, 0.6) is 0 Å². The topological polar surface area (TPSA) is 118 Å². The minimum Gasteiger partial charge on any atom is -0.359 e. The number of carbonyl (C=O) groups excluding carboxylic acids is 4. The van der Waals surface area contributed by atoms with Gasteiger partial charge in [-0.1, -0.05) is 48.5 Å². The van der Waals surface area contributed by atoms with Crippen LogP contribution in [0.1, 0.15) is 24.0 Å². The van der Waals surface area contributed by atoms with Crippen molar-refractivity contribution in [2.45, 2.75) is 38.1 Å². The van der Waals surface area contributed by atoms with Crippen molar-refractivity contribution in [3.63, 3.8) is 0 Å². The Morgan fingerprint density at radius 2 is 1.98 bits per heavy atom. The van der Waals surface area contributed by atoms with E-state index in [4.69, 9.17) is 0 Å². The van der Waals surface area contributed by atoms with E-state index >= 15 is 0 Å². The van der Waals surface area contributed by atoms with E-state index in [9.17, 15) is 19.2 Å². The molecule has 5 rings (SSSR count). The number of fused-ring (bicyclic) bond motifs is 2. The lowest BCUT2D eigenvalue weighted by atomic mass is 10.0. The highest BCUT2D eigenvalue weighted by atomic mass is 32.1. The van der Waals surface area contributed by atoms with Crippen molar-refractivity contribution in [3.8, 4) is 0 Å². The van der Waals surface area contributed by atoms with Crippen LogP contribution in [0, 0.1) is 0 Å². The lowest BCUT2D eigenvalue weighted by molar-refractivity contribution is -0.190. The van der Waals surface area contributed by atoms with E-state index in [1.165, 1.54) is 11.3 Å². The van der Waals surface area contributed by atoms with Gasteiger partial charge in [-0.3, -0.25) is 14.4 Å². The van der Waals surface area contributed by atoms with E-state index in [0.29, 0.717) is 38.9 Å². The molecule has 0 bridgehead atoms. The minimum absolute atomic E-state index is 0.0597. The zero-order valence-electron chi connectivity index (χ0n) is 22.6. The zero-order valence-corrected chi connectivity index (χ0v) is 23.5. The van der Waals surface area contributed by atoms with E-state index in [2.05, 4.69) is 22.2 Å². The smallest absolute Gasteiger partial charge is 0.334 e. The third kappa shape index (κ3) is 6.08. The number of nitrogens with one attached hydrogen (secondary N) is 2. The number of aromatic nitrogens is 1. The maximum Gasteiger partial charge on any atom is 0.334 e. The first-order valence-electron chi connectivity index (χ1n) is 13.6. The molecule has 41 heavy (non-hydrogen) atoms. The Balaban J connectivity index is 1.46. The van der Waals surface area contributed by atoms with Gasteiger partial charge in [-0.05, 0) is 30.0 Å². The maximum absolute atomic E-state index is 13.9. The standard InChI is InChI=1S/C29H33N7O4S/c1-2-14-34-18-26(38)35-23(11-7-13-30-19-37)28(39)33(16-22-10-6-12-24-27(22)32-20-41-24)17-25(35)36(34)29(40)31-15-21-8-4-3-5-9-21/h2-6,8-10,12,19-20,23,25H,1,7,11,13-18H2,(H,30,37)(H,31,40)/t23-,25-/m0/s1. The second-order valence-electron chi connectivity index (χ2n) is 9.97. The molecule has 5 amide bonds. The van der Waals surface area contributed by atoms with Crippen LogP contribution in [-0.2, 0) is 27.5 Å². The van der Waals surface area contributed by atoms with Gasteiger partial charge in [0.1, 0.15) is 12.2 Å². The number of hydrazine groups is 1. The first-order valence-corrected chi connectivity index (χ1v) is 14.4. The molecule has 11 nitrogen and oxygen atoms in total. The summed E-state index contributed by atoms with van der Waals surface area (Å²) in [5.74, 6) is -0.415. The van der Waals surface area contributed by atoms with Crippen LogP contribution in [-0.4, -0.2) is 87.4 Å². The van der Waals surface area contributed by atoms with E-state index in [0.717, 1.165) is 21.3 Å². The number of rotatable bonds is 11. The number of hydrogen-bond acceptors (Lipinski definition) is 7. The molecule has 2 aliphatic heterocycles. The second-order valence-corrected chi connectivity index (χ2v) is 10.9. The highest BCUT2D eigenvalue weighted by Crippen LogP contribution is 2.30. The van der Waals surface area contributed by atoms with Gasteiger partial charge in [0, 0.05) is 26.2 Å². The Kier molecular flexibility index (Phi) is 8.90. The molecule has 3 heterocycles. The molecular formula is C29H33N7O4S. The molecule has 0 saturated carbocycles. The van der Waals surface area contributed by atoms with Crippen molar-refractivity contribution in [1.29, 1.82) is 0 Å². The van der Waals surface area contributed by atoms with Gasteiger partial charge in [-0.2, -0.15) is 0 Å². The maximum atomic E-state index is 13.9. The monoisotopic (exact) mass is 575 g/mol. The summed E-state index contributed by atoms with van der Waals surface area (Å²) in [5.41, 5.74) is 4.46. The number of piperazine rings is 1. The largest absolute Gasteiger partial charge is 0.359 e. The SMILES string of the molecule is C=CCN1CC(=O)N2[C@@H](CCCNC=O)C(=O)N(Cc3cccc4scnc34)C[C@@H]2N1C(=O)NCc1ccccc1. The summed E-state index contributed by atoms with van der Waals surface area (Å²) >= 11 is 1.53. The predicted octanol–water partition coefficient (Wildman–Crippen LogP) is 2.32. The highest BCUT2D eigenvalue weighted by Gasteiger charge is 2.51. The number of urea groups is 1. The average Bonchev–Trinajstić information content (AvgIpc) is 3.46. The number of amides is 5. The van der Waals surface area contributed by atoms with Gasteiger partial charge in [0.2, 0.25) is 18.2 Å². The summed E-state index contributed by atoms with van der Waals surface area (Å²) in [6.45, 7) is 5.17. The van der Waals surface area contributed by atoms with Crippen LogP contribution < -0.4 is 10.6 Å². The normalized spacial score (nSPS) is 19.3. The van der Waals surface area contributed by atoms with Gasteiger partial charge >= 0.3 is 6.03 Å². The van der Waals surface area contributed by atoms with E-state index in [-0.39, 0.29) is 37.5 Å². The minimum atomic E-state index is -0.778. The van der Waals surface area contributed by atoms with Crippen LogP contribution in [0.2, 0.25) is 0 Å². The molecule has 3 aromatic rings. The van der Waals surface area contributed by atoms with Crippen molar-refractivity contribution in [2.24, 2.45) is 0 Å². The van der Waals surface area contributed by atoms with Crippen LogP contribution in [0.15, 0.2) is 66.7 Å². The van der Waals surface area contributed by atoms with Crippen LogP contribution in [0.3, 0.4) is 0 Å². The Hall–Kier alpha value is -4.29. The Bertz CT molecular complexity index is 1410. The number of hydrogen-bond donors (Lipinski definition) is 2. The average molecular weight is 576 g/mol. The van der Waals surface area contributed by atoms with Gasteiger partial charge in [0.25, 0.3) is 0 Å². The van der Waals surface area contributed by atoms with E-state index in [1.807, 2.05) is 48.5 Å². The van der Waals surface area contributed by atoms with Crippen molar-refractivity contribution in [2.75, 3.05) is 26.2 Å². The Morgan fingerprint density at radius 1 is 1.15 bits per heavy atom. The quantitative estimate of drug-likeness (QED) is 0.206. The Labute approximate surface area is 242 Å². The molecule has 2 N–H and O–H groups in total. The molecule has 12 heteroatoms. The zero-order chi connectivity index (χ0) is 28.8. The number of thiazole rings is 1. The summed E-state index contributed by atoms with van der Waals surface area (Å²) in [7, 11) is 0. The number of carbonyl (C=O) groups is 4.